The Kier molecular flexibility index (Phi) is 4.32. The lowest BCUT2D eigenvalue weighted by molar-refractivity contribution is -0.132. The van der Waals surface area contributed by atoms with Crippen molar-refractivity contribution in [3.05, 3.63) is 41.2 Å². The van der Waals surface area contributed by atoms with Crippen LogP contribution in [0.15, 0.2) is 27.3 Å². The topological polar surface area (TPSA) is 101 Å². The van der Waals surface area contributed by atoms with E-state index in [-0.39, 0.29) is 5.91 Å². The Morgan fingerprint density at radius 3 is 3.08 bits per heavy atom. The summed E-state index contributed by atoms with van der Waals surface area (Å²) >= 11 is 0. The minimum atomic E-state index is 0.0873. The van der Waals surface area contributed by atoms with Crippen LogP contribution >= 0.6 is 0 Å². The molecule has 1 N–H and O–H groups in total. The number of furan rings is 1. The summed E-state index contributed by atoms with van der Waals surface area (Å²) in [6.07, 6.45) is 3.12. The van der Waals surface area contributed by atoms with Gasteiger partial charge in [0.2, 0.25) is 17.6 Å². The van der Waals surface area contributed by atoms with E-state index < -0.39 is 0 Å². The average Bonchev–Trinajstić information content (AvgIpc) is 3.38. The van der Waals surface area contributed by atoms with Gasteiger partial charge >= 0.3 is 0 Å². The lowest BCUT2D eigenvalue weighted by atomic mass is 9.99. The number of aromatic amines is 1. The quantitative estimate of drug-likeness (QED) is 0.755. The van der Waals surface area contributed by atoms with Crippen LogP contribution < -0.4 is 0 Å². The van der Waals surface area contributed by atoms with Crippen LogP contribution in [0.2, 0.25) is 0 Å². The van der Waals surface area contributed by atoms with E-state index in [4.69, 9.17) is 8.94 Å². The molecule has 8 nitrogen and oxygen atoms in total. The molecule has 0 atom stereocenters. The standard InChI is InChI=1S/C18H21N5O3/c1-11(2)17-12-10-23(8-7-13(12)20-21-17)16(24)6-5-15-19-18(22-26-15)14-4-3-9-25-14/h3-4,9,11H,5-8,10H2,1-2H3,(H,20,21). The largest absolute Gasteiger partial charge is 0.461 e. The van der Waals surface area contributed by atoms with E-state index in [0.29, 0.717) is 49.3 Å². The number of carbonyl (C=O) groups is 1. The molecule has 0 bridgehead atoms. The molecule has 136 valence electrons. The zero-order valence-corrected chi connectivity index (χ0v) is 14.9. The van der Waals surface area contributed by atoms with Crippen LogP contribution in [0.4, 0.5) is 0 Å². The van der Waals surface area contributed by atoms with E-state index in [1.54, 1.807) is 18.4 Å². The Hall–Kier alpha value is -2.90. The highest BCUT2D eigenvalue weighted by Gasteiger charge is 2.26. The van der Waals surface area contributed by atoms with Crippen molar-refractivity contribution < 1.29 is 13.7 Å². The smallest absolute Gasteiger partial charge is 0.238 e. The zero-order chi connectivity index (χ0) is 18.1. The fourth-order valence-corrected chi connectivity index (χ4v) is 3.24. The molecule has 1 aliphatic heterocycles. The van der Waals surface area contributed by atoms with Crippen molar-refractivity contribution in [3.63, 3.8) is 0 Å². The van der Waals surface area contributed by atoms with Gasteiger partial charge in [0.15, 0.2) is 5.76 Å². The third kappa shape index (κ3) is 3.14. The summed E-state index contributed by atoms with van der Waals surface area (Å²) in [4.78, 5) is 18.8. The molecule has 0 fully saturated rings. The molecule has 3 aromatic heterocycles. The third-order valence-corrected chi connectivity index (χ3v) is 4.63. The average molecular weight is 355 g/mol. The van der Waals surface area contributed by atoms with Crippen molar-refractivity contribution in [2.75, 3.05) is 6.54 Å². The van der Waals surface area contributed by atoms with Crippen LogP contribution in [0.5, 0.6) is 0 Å². The molecule has 4 rings (SSSR count). The van der Waals surface area contributed by atoms with Crippen molar-refractivity contribution >= 4 is 5.91 Å². The number of aromatic nitrogens is 4. The molecule has 0 saturated carbocycles. The molecule has 0 spiro atoms. The van der Waals surface area contributed by atoms with Gasteiger partial charge in [-0.3, -0.25) is 9.89 Å². The molecular formula is C18H21N5O3. The van der Waals surface area contributed by atoms with Crippen molar-refractivity contribution in [2.24, 2.45) is 0 Å². The molecule has 0 radical (unpaired) electrons. The van der Waals surface area contributed by atoms with Crippen molar-refractivity contribution in [1.82, 2.24) is 25.2 Å². The fraction of sp³-hybridized carbons (Fsp3) is 0.444. The second kappa shape index (κ2) is 6.78. The highest BCUT2D eigenvalue weighted by atomic mass is 16.5. The summed E-state index contributed by atoms with van der Waals surface area (Å²) in [5.41, 5.74) is 3.37. The van der Waals surface area contributed by atoms with Gasteiger partial charge < -0.3 is 13.8 Å². The number of hydrogen-bond donors (Lipinski definition) is 1. The monoisotopic (exact) mass is 355 g/mol. The number of aryl methyl sites for hydroxylation is 1. The van der Waals surface area contributed by atoms with E-state index in [2.05, 4.69) is 34.2 Å². The highest BCUT2D eigenvalue weighted by molar-refractivity contribution is 5.76. The van der Waals surface area contributed by atoms with Crippen LogP contribution in [0.1, 0.15) is 49.0 Å². The molecule has 26 heavy (non-hydrogen) atoms. The maximum absolute atomic E-state index is 12.6. The van der Waals surface area contributed by atoms with Crippen LogP contribution in [-0.2, 0) is 24.2 Å². The van der Waals surface area contributed by atoms with Crippen LogP contribution in [-0.4, -0.2) is 37.7 Å². The number of carbonyl (C=O) groups excluding carboxylic acids is 1. The van der Waals surface area contributed by atoms with Gasteiger partial charge in [0.05, 0.1) is 12.0 Å². The first-order chi connectivity index (χ1) is 12.6. The number of rotatable bonds is 5. The minimum absolute atomic E-state index is 0.0873. The second-order valence-electron chi connectivity index (χ2n) is 6.77. The number of nitrogens with zero attached hydrogens (tertiary/aromatic N) is 4. The van der Waals surface area contributed by atoms with Gasteiger partial charge in [-0.25, -0.2) is 0 Å². The first-order valence-corrected chi connectivity index (χ1v) is 8.82. The normalized spacial score (nSPS) is 14.0. The van der Waals surface area contributed by atoms with E-state index in [0.717, 1.165) is 23.4 Å². The summed E-state index contributed by atoms with van der Waals surface area (Å²) < 4.78 is 10.5. The predicted octanol–water partition coefficient (Wildman–Crippen LogP) is 2.69. The summed E-state index contributed by atoms with van der Waals surface area (Å²) in [5, 5.41) is 11.4. The fourth-order valence-electron chi connectivity index (χ4n) is 3.24. The van der Waals surface area contributed by atoms with Crippen molar-refractivity contribution in [1.29, 1.82) is 0 Å². The first kappa shape index (κ1) is 16.6. The summed E-state index contributed by atoms with van der Waals surface area (Å²) in [6, 6.07) is 3.53. The highest BCUT2D eigenvalue weighted by Crippen LogP contribution is 2.26. The molecule has 8 heteroatoms. The first-order valence-electron chi connectivity index (χ1n) is 8.82. The number of amides is 1. The molecule has 0 aromatic carbocycles. The van der Waals surface area contributed by atoms with Crippen LogP contribution in [0, 0.1) is 0 Å². The number of H-pyrrole nitrogens is 1. The number of hydrogen-bond acceptors (Lipinski definition) is 6. The number of nitrogens with one attached hydrogen (secondary N) is 1. The molecule has 1 amide bonds. The van der Waals surface area contributed by atoms with Gasteiger partial charge in [0.1, 0.15) is 0 Å². The van der Waals surface area contributed by atoms with Crippen LogP contribution in [0.3, 0.4) is 0 Å². The molecular weight excluding hydrogens is 334 g/mol. The Morgan fingerprint density at radius 1 is 1.42 bits per heavy atom. The van der Waals surface area contributed by atoms with Gasteiger partial charge in [0.25, 0.3) is 0 Å². The van der Waals surface area contributed by atoms with Gasteiger partial charge in [-0.05, 0) is 18.1 Å². The number of fused-ring (bicyclic) bond motifs is 1. The van der Waals surface area contributed by atoms with Gasteiger partial charge in [0, 0.05) is 43.6 Å². The lowest BCUT2D eigenvalue weighted by Gasteiger charge is -2.27. The minimum Gasteiger partial charge on any atom is -0.461 e. The molecule has 3 aromatic rings. The summed E-state index contributed by atoms with van der Waals surface area (Å²) in [7, 11) is 0. The van der Waals surface area contributed by atoms with E-state index in [1.807, 2.05) is 4.90 Å². The van der Waals surface area contributed by atoms with Gasteiger partial charge in [-0.1, -0.05) is 19.0 Å². The van der Waals surface area contributed by atoms with Gasteiger partial charge in [-0.2, -0.15) is 10.1 Å². The summed E-state index contributed by atoms with van der Waals surface area (Å²) in [5.74, 6) is 1.82. The van der Waals surface area contributed by atoms with E-state index >= 15 is 0 Å². The Bertz CT molecular complexity index is 894. The van der Waals surface area contributed by atoms with E-state index in [1.165, 1.54) is 0 Å². The molecule has 4 heterocycles. The maximum Gasteiger partial charge on any atom is 0.238 e. The maximum atomic E-state index is 12.6. The van der Waals surface area contributed by atoms with Crippen LogP contribution in [0.25, 0.3) is 11.6 Å². The Morgan fingerprint density at radius 2 is 2.31 bits per heavy atom. The predicted molar refractivity (Wildman–Crippen MR) is 92.1 cm³/mol. The second-order valence-corrected chi connectivity index (χ2v) is 6.77. The lowest BCUT2D eigenvalue weighted by Crippen LogP contribution is -2.36. The molecule has 0 saturated heterocycles. The zero-order valence-electron chi connectivity index (χ0n) is 14.9. The Labute approximate surface area is 150 Å². The van der Waals surface area contributed by atoms with E-state index in [9.17, 15) is 4.79 Å². The molecule has 0 unspecified atom stereocenters. The molecule has 1 aliphatic rings. The van der Waals surface area contributed by atoms with Crippen molar-refractivity contribution in [2.45, 2.75) is 45.6 Å². The Balaban J connectivity index is 1.38. The summed E-state index contributed by atoms with van der Waals surface area (Å²) in [6.45, 7) is 5.54. The van der Waals surface area contributed by atoms with Crippen molar-refractivity contribution in [3.8, 4) is 11.6 Å². The SMILES string of the molecule is CC(C)c1n[nH]c2c1CN(C(=O)CCc1nc(-c3ccco3)no1)CC2. The molecule has 0 aliphatic carbocycles. The third-order valence-electron chi connectivity index (χ3n) is 4.63. The van der Waals surface area contributed by atoms with Gasteiger partial charge in [-0.15, -0.1) is 0 Å².